The van der Waals surface area contributed by atoms with Crippen LogP contribution in [0.1, 0.15) is 19.4 Å². The summed E-state index contributed by atoms with van der Waals surface area (Å²) in [6.07, 6.45) is 4.00. The second kappa shape index (κ2) is 3.99. The van der Waals surface area contributed by atoms with E-state index in [0.717, 1.165) is 0 Å². The molecule has 0 amide bonds. The number of fused-ring (bicyclic) bond motifs is 3. The maximum absolute atomic E-state index is 3.85. The van der Waals surface area contributed by atoms with Crippen LogP contribution in [0.5, 0.6) is 0 Å². The summed E-state index contributed by atoms with van der Waals surface area (Å²) in [4.78, 5) is 2.28. The van der Waals surface area contributed by atoms with Crippen molar-refractivity contribution < 1.29 is 0 Å². The van der Waals surface area contributed by atoms with Crippen molar-refractivity contribution in [2.45, 2.75) is 19.3 Å². The lowest BCUT2D eigenvalue weighted by Gasteiger charge is -2.24. The molecule has 0 fully saturated rings. The molecule has 0 saturated heterocycles. The average Bonchev–Trinajstić information content (AvgIpc) is 2.60. The van der Waals surface area contributed by atoms with E-state index in [4.69, 9.17) is 0 Å². The first-order valence-corrected chi connectivity index (χ1v) is 6.66. The van der Waals surface area contributed by atoms with Gasteiger partial charge in [0.1, 0.15) is 0 Å². The van der Waals surface area contributed by atoms with Gasteiger partial charge in [-0.2, -0.15) is 0 Å². The Kier molecular flexibility index (Phi) is 2.53. The third-order valence-electron chi connectivity index (χ3n) is 4.17. The van der Waals surface area contributed by atoms with Crippen LogP contribution in [0.15, 0.2) is 60.8 Å². The van der Waals surface area contributed by atoms with E-state index in [0.29, 0.717) is 0 Å². The van der Waals surface area contributed by atoms with Crippen molar-refractivity contribution in [2.24, 2.45) is 0 Å². The van der Waals surface area contributed by atoms with Gasteiger partial charge in [0.15, 0.2) is 0 Å². The molecular weight excluding hydrogens is 230 g/mol. The fourth-order valence-electron chi connectivity index (χ4n) is 3.31. The fourth-order valence-corrected chi connectivity index (χ4v) is 3.31. The molecular formula is C18H19N. The van der Waals surface area contributed by atoms with Crippen molar-refractivity contribution in [1.29, 1.82) is 0 Å². The Morgan fingerprint density at radius 2 is 1.84 bits per heavy atom. The molecule has 0 atom stereocenters. The molecule has 96 valence electrons. The van der Waals surface area contributed by atoms with Gasteiger partial charge in [0.25, 0.3) is 0 Å². The molecule has 0 N–H and O–H groups in total. The van der Waals surface area contributed by atoms with Crippen LogP contribution in [0.2, 0.25) is 0 Å². The highest BCUT2D eigenvalue weighted by Crippen LogP contribution is 2.49. The van der Waals surface area contributed by atoms with Crippen LogP contribution >= 0.6 is 0 Å². The number of allylic oxidation sites excluding steroid dienone is 3. The minimum absolute atomic E-state index is 0.0130. The Balaban J connectivity index is 2.40. The van der Waals surface area contributed by atoms with Crippen molar-refractivity contribution in [2.75, 3.05) is 11.9 Å². The lowest BCUT2D eigenvalue weighted by molar-refractivity contribution is 0.645. The van der Waals surface area contributed by atoms with Gasteiger partial charge in [0.05, 0.1) is 0 Å². The molecule has 0 bridgehead atoms. The van der Waals surface area contributed by atoms with E-state index in [1.165, 1.54) is 27.7 Å². The Hall–Kier alpha value is -2.02. The second-order valence-electron chi connectivity index (χ2n) is 5.65. The third-order valence-corrected chi connectivity index (χ3v) is 4.17. The average molecular weight is 249 g/mol. The zero-order valence-corrected chi connectivity index (χ0v) is 11.8. The maximum Gasteiger partial charge on any atom is 0.0454 e. The molecule has 0 saturated carbocycles. The van der Waals surface area contributed by atoms with E-state index in [9.17, 15) is 0 Å². The van der Waals surface area contributed by atoms with E-state index >= 15 is 0 Å². The summed E-state index contributed by atoms with van der Waals surface area (Å²) in [7, 11) is 2.14. The van der Waals surface area contributed by atoms with Crippen LogP contribution in [-0.4, -0.2) is 7.05 Å². The standard InChI is InChI=1S/C18H19N/c1-5-8-16-18(2,3)17-14-10-7-6-9-13(14)11-12-15(17)19(16)4/h5-12H,1H2,2-4H3. The van der Waals surface area contributed by atoms with Crippen molar-refractivity contribution in [3.05, 3.63) is 66.4 Å². The fraction of sp³-hybridized carbons (Fsp3) is 0.222. The molecule has 0 aliphatic carbocycles. The quantitative estimate of drug-likeness (QED) is 0.712. The number of anilines is 1. The Labute approximate surface area is 114 Å². The highest BCUT2D eigenvalue weighted by molar-refractivity contribution is 5.94. The third kappa shape index (κ3) is 1.54. The number of hydrogen-bond donors (Lipinski definition) is 0. The molecule has 0 unspecified atom stereocenters. The molecule has 0 radical (unpaired) electrons. The minimum Gasteiger partial charge on any atom is -0.347 e. The number of hydrogen-bond acceptors (Lipinski definition) is 1. The van der Waals surface area contributed by atoms with E-state index < -0.39 is 0 Å². The van der Waals surface area contributed by atoms with E-state index in [-0.39, 0.29) is 5.41 Å². The summed E-state index contributed by atoms with van der Waals surface area (Å²) < 4.78 is 0. The SMILES string of the molecule is C=CC=C1N(C)c2ccc3ccccc3c2C1(C)C. The minimum atomic E-state index is 0.0130. The smallest absolute Gasteiger partial charge is 0.0454 e. The van der Waals surface area contributed by atoms with Crippen LogP contribution in [0.3, 0.4) is 0 Å². The topological polar surface area (TPSA) is 3.24 Å². The monoisotopic (exact) mass is 249 g/mol. The first-order valence-electron chi connectivity index (χ1n) is 6.66. The number of rotatable bonds is 1. The van der Waals surface area contributed by atoms with Crippen LogP contribution in [-0.2, 0) is 5.41 Å². The van der Waals surface area contributed by atoms with Crippen molar-refractivity contribution >= 4 is 16.5 Å². The Morgan fingerprint density at radius 1 is 1.11 bits per heavy atom. The molecule has 2 aromatic carbocycles. The van der Waals surface area contributed by atoms with Gasteiger partial charge in [-0.05, 0) is 28.5 Å². The highest BCUT2D eigenvalue weighted by atomic mass is 15.2. The highest BCUT2D eigenvalue weighted by Gasteiger charge is 2.39. The molecule has 2 aromatic rings. The predicted octanol–water partition coefficient (Wildman–Crippen LogP) is 4.64. The van der Waals surface area contributed by atoms with Crippen LogP contribution in [0, 0.1) is 0 Å². The lowest BCUT2D eigenvalue weighted by atomic mass is 9.81. The summed E-state index contributed by atoms with van der Waals surface area (Å²) >= 11 is 0. The zero-order valence-electron chi connectivity index (χ0n) is 11.8. The van der Waals surface area contributed by atoms with E-state index in [1.54, 1.807) is 0 Å². The molecule has 1 aliphatic heterocycles. The molecule has 1 heteroatoms. The van der Waals surface area contributed by atoms with Gasteiger partial charge < -0.3 is 4.90 Å². The number of nitrogens with zero attached hydrogens (tertiary/aromatic N) is 1. The predicted molar refractivity (Wildman–Crippen MR) is 83.7 cm³/mol. The second-order valence-corrected chi connectivity index (χ2v) is 5.65. The van der Waals surface area contributed by atoms with Crippen LogP contribution in [0.4, 0.5) is 5.69 Å². The molecule has 0 spiro atoms. The largest absolute Gasteiger partial charge is 0.347 e. The molecule has 1 nitrogen and oxygen atoms in total. The first kappa shape index (κ1) is 12.0. The summed E-state index contributed by atoms with van der Waals surface area (Å²) in [6.45, 7) is 8.42. The summed E-state index contributed by atoms with van der Waals surface area (Å²) in [5.41, 5.74) is 4.03. The van der Waals surface area contributed by atoms with Crippen molar-refractivity contribution in [3.63, 3.8) is 0 Å². The van der Waals surface area contributed by atoms with Crippen molar-refractivity contribution in [3.8, 4) is 0 Å². The molecule has 1 heterocycles. The van der Waals surface area contributed by atoms with Crippen LogP contribution < -0.4 is 4.90 Å². The van der Waals surface area contributed by atoms with Gasteiger partial charge in [-0.15, -0.1) is 0 Å². The van der Waals surface area contributed by atoms with Crippen LogP contribution in [0.25, 0.3) is 10.8 Å². The van der Waals surface area contributed by atoms with Crippen molar-refractivity contribution in [1.82, 2.24) is 0 Å². The molecule has 0 aromatic heterocycles. The summed E-state index contributed by atoms with van der Waals surface area (Å²) in [5.74, 6) is 0. The zero-order chi connectivity index (χ0) is 13.6. The van der Waals surface area contributed by atoms with Gasteiger partial charge in [-0.1, -0.05) is 56.8 Å². The lowest BCUT2D eigenvalue weighted by Crippen LogP contribution is -2.22. The van der Waals surface area contributed by atoms with E-state index in [1.807, 2.05) is 6.08 Å². The normalized spacial score (nSPS) is 18.9. The molecule has 1 aliphatic rings. The molecule has 3 rings (SSSR count). The Bertz CT molecular complexity index is 692. The number of likely N-dealkylation sites (N-methyl/N-ethyl adjacent to an activating group) is 1. The summed E-state index contributed by atoms with van der Waals surface area (Å²) in [5, 5.41) is 2.66. The molecule has 19 heavy (non-hydrogen) atoms. The van der Waals surface area contributed by atoms with E-state index in [2.05, 4.69) is 74.8 Å². The first-order chi connectivity index (χ1) is 9.07. The van der Waals surface area contributed by atoms with Gasteiger partial charge in [0, 0.05) is 23.8 Å². The van der Waals surface area contributed by atoms with Gasteiger partial charge in [0.2, 0.25) is 0 Å². The van der Waals surface area contributed by atoms with Gasteiger partial charge in [-0.25, -0.2) is 0 Å². The van der Waals surface area contributed by atoms with Gasteiger partial charge >= 0.3 is 0 Å². The maximum atomic E-state index is 3.85. The number of benzene rings is 2. The summed E-state index contributed by atoms with van der Waals surface area (Å²) in [6, 6.07) is 13.1. The Morgan fingerprint density at radius 3 is 2.58 bits per heavy atom. The van der Waals surface area contributed by atoms with Gasteiger partial charge in [-0.3, -0.25) is 0 Å².